The summed E-state index contributed by atoms with van der Waals surface area (Å²) in [5.41, 5.74) is 18.6. The van der Waals surface area contributed by atoms with Crippen LogP contribution in [0.4, 0.5) is 0 Å². The van der Waals surface area contributed by atoms with E-state index in [0.29, 0.717) is 19.6 Å². The minimum atomic E-state index is 0.0690. The van der Waals surface area contributed by atoms with Gasteiger partial charge in [-0.1, -0.05) is 30.3 Å². The second-order valence-corrected chi connectivity index (χ2v) is 4.26. The molecule has 6 N–H and O–H groups in total. The van der Waals surface area contributed by atoms with Crippen LogP contribution in [0.2, 0.25) is 0 Å². The standard InChI is InChI=1S/C13H23N3/c14-9-6-13(7-10-15,8-11-16)12-4-2-1-3-5-12/h1-5H,6-11,14-16H2. The molecule has 0 saturated carbocycles. The Labute approximate surface area is 98.0 Å². The molecule has 0 aliphatic carbocycles. The predicted octanol–water partition coefficient (Wildman–Crippen LogP) is 0.971. The first kappa shape index (κ1) is 13.2. The Balaban J connectivity index is 2.99. The Morgan fingerprint density at radius 1 is 0.750 bits per heavy atom. The highest BCUT2D eigenvalue weighted by molar-refractivity contribution is 5.25. The molecule has 0 amide bonds. The monoisotopic (exact) mass is 221 g/mol. The van der Waals surface area contributed by atoms with E-state index in [9.17, 15) is 0 Å². The Kier molecular flexibility index (Phi) is 5.46. The Morgan fingerprint density at radius 3 is 1.56 bits per heavy atom. The number of hydrogen-bond acceptors (Lipinski definition) is 3. The number of rotatable bonds is 7. The largest absolute Gasteiger partial charge is 0.330 e. The van der Waals surface area contributed by atoms with Gasteiger partial charge in [-0.3, -0.25) is 0 Å². The van der Waals surface area contributed by atoms with Crippen LogP contribution in [-0.4, -0.2) is 19.6 Å². The molecule has 0 heterocycles. The predicted molar refractivity (Wildman–Crippen MR) is 69.1 cm³/mol. The fourth-order valence-corrected chi connectivity index (χ4v) is 2.43. The zero-order valence-electron chi connectivity index (χ0n) is 9.86. The molecule has 0 aliphatic heterocycles. The average molecular weight is 221 g/mol. The lowest BCUT2D eigenvalue weighted by Crippen LogP contribution is -2.34. The minimum absolute atomic E-state index is 0.0690. The van der Waals surface area contributed by atoms with E-state index in [4.69, 9.17) is 17.2 Å². The van der Waals surface area contributed by atoms with Gasteiger partial charge in [0, 0.05) is 0 Å². The summed E-state index contributed by atoms with van der Waals surface area (Å²) in [5.74, 6) is 0. The van der Waals surface area contributed by atoms with Crippen LogP contribution >= 0.6 is 0 Å². The Morgan fingerprint density at radius 2 is 1.19 bits per heavy atom. The van der Waals surface area contributed by atoms with Crippen LogP contribution in [0.25, 0.3) is 0 Å². The quantitative estimate of drug-likeness (QED) is 0.642. The molecule has 1 rings (SSSR count). The summed E-state index contributed by atoms with van der Waals surface area (Å²) in [6.07, 6.45) is 2.85. The van der Waals surface area contributed by atoms with Gasteiger partial charge in [-0.15, -0.1) is 0 Å². The fourth-order valence-electron chi connectivity index (χ4n) is 2.43. The van der Waals surface area contributed by atoms with Crippen LogP contribution < -0.4 is 17.2 Å². The van der Waals surface area contributed by atoms with Crippen molar-refractivity contribution in [3.63, 3.8) is 0 Å². The van der Waals surface area contributed by atoms with Crippen molar-refractivity contribution in [3.8, 4) is 0 Å². The second kappa shape index (κ2) is 6.63. The Bertz CT molecular complexity index is 267. The van der Waals surface area contributed by atoms with Gasteiger partial charge in [-0.25, -0.2) is 0 Å². The highest BCUT2D eigenvalue weighted by Crippen LogP contribution is 2.34. The molecule has 0 fully saturated rings. The van der Waals surface area contributed by atoms with Crippen LogP contribution in [0.15, 0.2) is 30.3 Å². The van der Waals surface area contributed by atoms with Crippen molar-refractivity contribution in [2.24, 2.45) is 17.2 Å². The van der Waals surface area contributed by atoms with Gasteiger partial charge in [-0.05, 0) is 49.9 Å². The van der Waals surface area contributed by atoms with Crippen molar-refractivity contribution >= 4 is 0 Å². The molecule has 0 aromatic heterocycles. The lowest BCUT2D eigenvalue weighted by Gasteiger charge is -2.34. The third-order valence-electron chi connectivity index (χ3n) is 3.25. The molecule has 3 heteroatoms. The number of benzene rings is 1. The van der Waals surface area contributed by atoms with Crippen molar-refractivity contribution < 1.29 is 0 Å². The molecule has 3 nitrogen and oxygen atoms in total. The summed E-state index contributed by atoms with van der Waals surface area (Å²) in [7, 11) is 0. The van der Waals surface area contributed by atoms with Crippen LogP contribution in [0.3, 0.4) is 0 Å². The smallest absolute Gasteiger partial charge is 0.00111 e. The summed E-state index contributed by atoms with van der Waals surface area (Å²) in [5, 5.41) is 0. The summed E-state index contributed by atoms with van der Waals surface area (Å²) in [6, 6.07) is 10.5. The van der Waals surface area contributed by atoms with Gasteiger partial charge in [0.15, 0.2) is 0 Å². The van der Waals surface area contributed by atoms with Gasteiger partial charge < -0.3 is 17.2 Å². The molecule has 1 aromatic rings. The minimum Gasteiger partial charge on any atom is -0.330 e. The molecule has 0 saturated heterocycles. The van der Waals surface area contributed by atoms with Gasteiger partial charge in [0.1, 0.15) is 0 Å². The lowest BCUT2D eigenvalue weighted by molar-refractivity contribution is 0.352. The van der Waals surface area contributed by atoms with E-state index < -0.39 is 0 Å². The SMILES string of the molecule is NCCC(CCN)(CCN)c1ccccc1. The molecule has 0 bridgehead atoms. The van der Waals surface area contributed by atoms with E-state index in [1.54, 1.807) is 0 Å². The van der Waals surface area contributed by atoms with Crippen molar-refractivity contribution in [2.45, 2.75) is 24.7 Å². The average Bonchev–Trinajstić information content (AvgIpc) is 2.31. The normalized spacial score (nSPS) is 11.7. The highest BCUT2D eigenvalue weighted by Gasteiger charge is 2.29. The third kappa shape index (κ3) is 3.04. The molecular weight excluding hydrogens is 198 g/mol. The zero-order valence-corrected chi connectivity index (χ0v) is 9.86. The highest BCUT2D eigenvalue weighted by atomic mass is 14.6. The molecule has 0 atom stereocenters. The van der Waals surface area contributed by atoms with Crippen molar-refractivity contribution in [1.82, 2.24) is 0 Å². The molecule has 0 aliphatic rings. The van der Waals surface area contributed by atoms with E-state index in [0.717, 1.165) is 19.3 Å². The summed E-state index contributed by atoms with van der Waals surface area (Å²) < 4.78 is 0. The van der Waals surface area contributed by atoms with E-state index in [2.05, 4.69) is 24.3 Å². The van der Waals surface area contributed by atoms with Gasteiger partial charge in [0.2, 0.25) is 0 Å². The molecule has 0 radical (unpaired) electrons. The first-order valence-electron chi connectivity index (χ1n) is 5.95. The Hall–Kier alpha value is -0.900. The van der Waals surface area contributed by atoms with Crippen LogP contribution in [0, 0.1) is 0 Å². The van der Waals surface area contributed by atoms with Crippen molar-refractivity contribution in [3.05, 3.63) is 35.9 Å². The summed E-state index contributed by atoms with van der Waals surface area (Å²) in [4.78, 5) is 0. The maximum absolute atomic E-state index is 5.73. The van der Waals surface area contributed by atoms with Gasteiger partial charge in [0.25, 0.3) is 0 Å². The van der Waals surface area contributed by atoms with Gasteiger partial charge in [0.05, 0.1) is 0 Å². The molecule has 1 aromatic carbocycles. The van der Waals surface area contributed by atoms with Crippen molar-refractivity contribution in [1.29, 1.82) is 0 Å². The lowest BCUT2D eigenvalue weighted by atomic mass is 9.72. The van der Waals surface area contributed by atoms with Crippen molar-refractivity contribution in [2.75, 3.05) is 19.6 Å². The summed E-state index contributed by atoms with van der Waals surface area (Å²) >= 11 is 0. The zero-order chi connectivity index (χ0) is 11.9. The molecule has 0 unspecified atom stereocenters. The number of nitrogens with two attached hydrogens (primary N) is 3. The maximum atomic E-state index is 5.73. The van der Waals surface area contributed by atoms with E-state index in [1.165, 1.54) is 5.56 Å². The first-order chi connectivity index (χ1) is 7.79. The summed E-state index contributed by atoms with van der Waals surface area (Å²) in [6.45, 7) is 2.03. The van der Waals surface area contributed by atoms with E-state index >= 15 is 0 Å². The van der Waals surface area contributed by atoms with Crippen LogP contribution in [0.5, 0.6) is 0 Å². The maximum Gasteiger partial charge on any atom is -0.00111 e. The van der Waals surface area contributed by atoms with Crippen LogP contribution in [0.1, 0.15) is 24.8 Å². The fraction of sp³-hybridized carbons (Fsp3) is 0.538. The third-order valence-corrected chi connectivity index (χ3v) is 3.25. The number of hydrogen-bond donors (Lipinski definition) is 3. The topological polar surface area (TPSA) is 78.1 Å². The van der Waals surface area contributed by atoms with Gasteiger partial charge in [-0.2, -0.15) is 0 Å². The van der Waals surface area contributed by atoms with Crippen LogP contribution in [-0.2, 0) is 5.41 Å². The molecule has 16 heavy (non-hydrogen) atoms. The molecule has 90 valence electrons. The first-order valence-corrected chi connectivity index (χ1v) is 5.95. The van der Waals surface area contributed by atoms with E-state index in [-0.39, 0.29) is 5.41 Å². The van der Waals surface area contributed by atoms with E-state index in [1.807, 2.05) is 6.07 Å². The molecule has 0 spiro atoms. The second-order valence-electron chi connectivity index (χ2n) is 4.26. The molecular formula is C13H23N3. The van der Waals surface area contributed by atoms with Gasteiger partial charge >= 0.3 is 0 Å².